The van der Waals surface area contributed by atoms with Gasteiger partial charge in [0.15, 0.2) is 10.9 Å². The number of aryl methyl sites for hydroxylation is 2. The minimum absolute atomic E-state index is 0.364. The third kappa shape index (κ3) is 4.93. The van der Waals surface area contributed by atoms with E-state index in [1.165, 1.54) is 29.6 Å². The first-order valence-electron chi connectivity index (χ1n) is 8.30. The zero-order valence-electron chi connectivity index (χ0n) is 15.3. The van der Waals surface area contributed by atoms with Crippen LogP contribution in [0.5, 0.6) is 0 Å². The van der Waals surface area contributed by atoms with Gasteiger partial charge < -0.3 is 15.4 Å². The summed E-state index contributed by atoms with van der Waals surface area (Å²) in [4.78, 5) is 12.8. The number of nitrogens with one attached hydrogen (secondary N) is 2. The van der Waals surface area contributed by atoms with E-state index < -0.39 is 5.97 Å². The number of anilines is 2. The van der Waals surface area contributed by atoms with E-state index in [-0.39, 0.29) is 0 Å². The molecule has 8 heteroatoms. The molecule has 0 saturated heterocycles. The molecule has 140 valence electrons. The van der Waals surface area contributed by atoms with Crippen LogP contribution >= 0.6 is 23.6 Å². The van der Waals surface area contributed by atoms with Crippen LogP contribution < -0.4 is 10.6 Å². The zero-order valence-corrected chi connectivity index (χ0v) is 16.9. The number of carbonyl (C=O) groups excluding carboxylic acids is 1. The van der Waals surface area contributed by atoms with Crippen molar-refractivity contribution in [1.82, 2.24) is 9.78 Å². The lowest BCUT2D eigenvalue weighted by Gasteiger charge is -2.08. The normalized spacial score (nSPS) is 10.5. The number of hydrogen-bond acceptors (Lipinski definition) is 5. The lowest BCUT2D eigenvalue weighted by Crippen LogP contribution is -2.20. The number of thiophene rings is 1. The van der Waals surface area contributed by atoms with Gasteiger partial charge in [-0.2, -0.15) is 5.10 Å². The molecule has 0 aliphatic rings. The van der Waals surface area contributed by atoms with E-state index in [9.17, 15) is 4.79 Å². The first-order valence-corrected chi connectivity index (χ1v) is 9.53. The largest absolute Gasteiger partial charge is 0.465 e. The number of thiocarbonyl (C=S) groups is 1. The highest BCUT2D eigenvalue weighted by atomic mass is 32.1. The molecule has 2 heterocycles. The summed E-state index contributed by atoms with van der Waals surface area (Å²) in [6.45, 7) is 4.67. The van der Waals surface area contributed by atoms with E-state index in [2.05, 4.69) is 46.9 Å². The molecule has 2 N–H and O–H groups in total. The Labute approximate surface area is 167 Å². The molecule has 0 aliphatic carbocycles. The molecule has 3 rings (SSSR count). The van der Waals surface area contributed by atoms with Crippen LogP contribution in [0, 0.1) is 13.8 Å². The number of hydrogen-bond donors (Lipinski definition) is 2. The fourth-order valence-corrected chi connectivity index (χ4v) is 3.69. The molecule has 6 nitrogen and oxygen atoms in total. The molecule has 0 amide bonds. The van der Waals surface area contributed by atoms with Crippen molar-refractivity contribution in [1.29, 1.82) is 0 Å². The van der Waals surface area contributed by atoms with Crippen LogP contribution in [0.25, 0.3) is 0 Å². The molecule has 1 aromatic carbocycles. The topological polar surface area (TPSA) is 68.2 Å². The first kappa shape index (κ1) is 19.1. The number of aromatic nitrogens is 2. The average Bonchev–Trinajstić information content (AvgIpc) is 3.22. The van der Waals surface area contributed by atoms with Gasteiger partial charge in [-0.3, -0.25) is 4.68 Å². The van der Waals surface area contributed by atoms with Gasteiger partial charge in [0.05, 0.1) is 19.2 Å². The summed E-state index contributed by atoms with van der Waals surface area (Å²) in [5.41, 5.74) is 2.87. The Balaban J connectivity index is 1.63. The minimum Gasteiger partial charge on any atom is -0.465 e. The van der Waals surface area contributed by atoms with E-state index in [1.807, 2.05) is 23.9 Å². The summed E-state index contributed by atoms with van der Waals surface area (Å²) in [6, 6.07) is 12.0. The molecule has 0 bridgehead atoms. The van der Waals surface area contributed by atoms with E-state index in [1.54, 1.807) is 6.07 Å². The summed E-state index contributed by atoms with van der Waals surface area (Å²) in [7, 11) is 1.36. The van der Waals surface area contributed by atoms with Crippen LogP contribution in [0.3, 0.4) is 0 Å². The number of methoxy groups -OCH3 is 1. The van der Waals surface area contributed by atoms with Crippen LogP contribution in [0.4, 0.5) is 10.8 Å². The van der Waals surface area contributed by atoms with Crippen LogP contribution in [-0.2, 0) is 11.3 Å². The number of nitrogens with zero attached hydrogens (tertiary/aromatic N) is 2. The Bertz CT molecular complexity index is 961. The standard InChI is InChI=1S/C19H20N4O2S2/c1-12-4-6-14(7-5-12)11-23-9-8-16(22-23)20-19(26)21-17-15(18(24)25-3)10-13(2)27-17/h4-10H,11H2,1-3H3,(H2,20,21,22,26). The third-order valence-electron chi connectivity index (χ3n) is 3.84. The molecular weight excluding hydrogens is 380 g/mol. The molecule has 2 aromatic heterocycles. The highest BCUT2D eigenvalue weighted by Crippen LogP contribution is 2.28. The second-order valence-corrected chi connectivity index (χ2v) is 7.72. The van der Waals surface area contributed by atoms with Crippen molar-refractivity contribution in [2.45, 2.75) is 20.4 Å². The maximum absolute atomic E-state index is 11.9. The second-order valence-electron chi connectivity index (χ2n) is 6.05. The van der Waals surface area contributed by atoms with E-state index in [0.29, 0.717) is 28.0 Å². The van der Waals surface area contributed by atoms with Gasteiger partial charge in [0.2, 0.25) is 0 Å². The molecule has 0 saturated carbocycles. The Hall–Kier alpha value is -2.71. The highest BCUT2D eigenvalue weighted by molar-refractivity contribution is 7.80. The molecule has 3 aromatic rings. The van der Waals surface area contributed by atoms with Crippen molar-refractivity contribution in [2.75, 3.05) is 17.7 Å². The quantitative estimate of drug-likeness (QED) is 0.494. The number of ether oxygens (including phenoxy) is 1. The number of carbonyl (C=O) groups is 1. The van der Waals surface area contributed by atoms with Crippen molar-refractivity contribution >= 4 is 45.5 Å². The van der Waals surface area contributed by atoms with Gasteiger partial charge in [0.25, 0.3) is 0 Å². The van der Waals surface area contributed by atoms with Crippen molar-refractivity contribution in [3.8, 4) is 0 Å². The Morgan fingerprint density at radius 2 is 1.96 bits per heavy atom. The number of benzene rings is 1. The van der Waals surface area contributed by atoms with Gasteiger partial charge in [-0.1, -0.05) is 29.8 Å². The summed E-state index contributed by atoms with van der Waals surface area (Å²) in [5, 5.41) is 11.6. The molecular formula is C19H20N4O2S2. The number of rotatable bonds is 5. The van der Waals surface area contributed by atoms with Crippen LogP contribution in [0.15, 0.2) is 42.6 Å². The zero-order chi connectivity index (χ0) is 19.4. The Morgan fingerprint density at radius 3 is 2.67 bits per heavy atom. The second kappa shape index (κ2) is 8.32. The fourth-order valence-electron chi connectivity index (χ4n) is 2.52. The maximum Gasteiger partial charge on any atom is 0.340 e. The molecule has 27 heavy (non-hydrogen) atoms. The minimum atomic E-state index is -0.396. The van der Waals surface area contributed by atoms with Crippen LogP contribution in [0.2, 0.25) is 0 Å². The van der Waals surface area contributed by atoms with Crippen molar-refractivity contribution in [3.63, 3.8) is 0 Å². The van der Waals surface area contributed by atoms with Crippen molar-refractivity contribution in [3.05, 3.63) is 64.2 Å². The maximum atomic E-state index is 11.9. The van der Waals surface area contributed by atoms with Crippen LogP contribution in [0.1, 0.15) is 26.4 Å². The van der Waals surface area contributed by atoms with Gasteiger partial charge >= 0.3 is 5.97 Å². The van der Waals surface area contributed by atoms with E-state index in [4.69, 9.17) is 17.0 Å². The van der Waals surface area contributed by atoms with Crippen molar-refractivity contribution < 1.29 is 9.53 Å². The molecule has 0 radical (unpaired) electrons. The average molecular weight is 401 g/mol. The monoisotopic (exact) mass is 400 g/mol. The summed E-state index contributed by atoms with van der Waals surface area (Å²) in [6.07, 6.45) is 1.89. The van der Waals surface area contributed by atoms with E-state index >= 15 is 0 Å². The molecule has 0 unspecified atom stereocenters. The van der Waals surface area contributed by atoms with Gasteiger partial charge in [0.1, 0.15) is 5.00 Å². The van der Waals surface area contributed by atoms with Gasteiger partial charge in [-0.25, -0.2) is 4.79 Å². The molecule has 0 spiro atoms. The predicted molar refractivity (Wildman–Crippen MR) is 113 cm³/mol. The number of esters is 1. The Morgan fingerprint density at radius 1 is 1.22 bits per heavy atom. The predicted octanol–water partition coefficient (Wildman–Crippen LogP) is 4.21. The summed E-state index contributed by atoms with van der Waals surface area (Å²) in [5.74, 6) is 0.236. The van der Waals surface area contributed by atoms with Gasteiger partial charge in [0, 0.05) is 17.1 Å². The van der Waals surface area contributed by atoms with Gasteiger partial charge in [-0.05, 0) is 37.7 Å². The van der Waals surface area contributed by atoms with E-state index in [0.717, 1.165) is 4.88 Å². The molecule has 0 fully saturated rings. The smallest absolute Gasteiger partial charge is 0.340 e. The highest BCUT2D eigenvalue weighted by Gasteiger charge is 2.16. The van der Waals surface area contributed by atoms with Crippen molar-refractivity contribution in [2.24, 2.45) is 0 Å². The third-order valence-corrected chi connectivity index (χ3v) is 5.01. The summed E-state index contributed by atoms with van der Waals surface area (Å²) < 4.78 is 6.64. The SMILES string of the molecule is COC(=O)c1cc(C)sc1NC(=S)Nc1ccn(Cc2ccc(C)cc2)n1. The molecule has 0 atom stereocenters. The lowest BCUT2D eigenvalue weighted by molar-refractivity contribution is 0.0602. The Kier molecular flexibility index (Phi) is 5.88. The first-order chi connectivity index (χ1) is 12.9. The van der Waals surface area contributed by atoms with Crippen LogP contribution in [-0.4, -0.2) is 28.0 Å². The summed E-state index contributed by atoms with van der Waals surface area (Å²) >= 11 is 6.79. The lowest BCUT2D eigenvalue weighted by atomic mass is 10.1. The van der Waals surface area contributed by atoms with Gasteiger partial charge in [-0.15, -0.1) is 11.3 Å². The molecule has 0 aliphatic heterocycles. The fraction of sp³-hybridized carbons (Fsp3) is 0.211.